The predicted octanol–water partition coefficient (Wildman–Crippen LogP) is -1.13. The first-order valence-corrected chi connectivity index (χ1v) is 5.33. The highest BCUT2D eigenvalue weighted by Gasteiger charge is 2.16. The van der Waals surface area contributed by atoms with E-state index >= 15 is 0 Å². The van der Waals surface area contributed by atoms with Gasteiger partial charge in [0, 0.05) is 5.69 Å². The van der Waals surface area contributed by atoms with Crippen molar-refractivity contribution in [2.24, 2.45) is 11.5 Å². The topological polar surface area (TPSA) is 140 Å². The van der Waals surface area contributed by atoms with Gasteiger partial charge in [-0.2, -0.15) is 0 Å². The number of hydrogen-bond donors (Lipinski definition) is 3. The Morgan fingerprint density at radius 2 is 1.74 bits per heavy atom. The minimum Gasteiger partial charge on any atom is -0.478 e. The van der Waals surface area contributed by atoms with Gasteiger partial charge in [-0.1, -0.05) is 0 Å². The first-order chi connectivity index (χ1) is 8.79. The molecule has 102 valence electrons. The number of aromatic nitrogens is 1. The Hall–Kier alpha value is -2.64. The maximum atomic E-state index is 11.0. The Balaban J connectivity index is 3.16. The average Bonchev–Trinajstić information content (AvgIpc) is 2.25. The van der Waals surface area contributed by atoms with E-state index in [0.29, 0.717) is 5.69 Å². The van der Waals surface area contributed by atoms with Crippen LogP contribution in [0.4, 0.5) is 5.82 Å². The summed E-state index contributed by atoms with van der Waals surface area (Å²) in [6.45, 7) is 1.04. The number of pyridine rings is 1. The second kappa shape index (κ2) is 5.80. The molecule has 0 aliphatic carbocycles. The van der Waals surface area contributed by atoms with Crippen molar-refractivity contribution in [2.75, 3.05) is 18.0 Å². The highest BCUT2D eigenvalue weighted by atomic mass is 16.4. The standard InChI is InChI=1S/C11H14N4O4/c1-6-2-7(11(18)19)3-10(14-6)15(4-8(12)16)5-9(13)17/h2-3H,4-5H2,1H3,(H2,12,16)(H2,13,17)(H,18,19). The quantitative estimate of drug-likeness (QED) is 0.595. The molecule has 8 heteroatoms. The molecule has 0 atom stereocenters. The van der Waals surface area contributed by atoms with Crippen LogP contribution >= 0.6 is 0 Å². The van der Waals surface area contributed by atoms with Gasteiger partial charge in [-0.05, 0) is 19.1 Å². The first-order valence-electron chi connectivity index (χ1n) is 5.33. The number of carboxylic acids is 1. The molecule has 0 aliphatic heterocycles. The van der Waals surface area contributed by atoms with Gasteiger partial charge < -0.3 is 21.5 Å². The van der Waals surface area contributed by atoms with Crippen LogP contribution in [0.3, 0.4) is 0 Å². The molecule has 0 aliphatic rings. The lowest BCUT2D eigenvalue weighted by Crippen LogP contribution is -2.40. The molecule has 0 unspecified atom stereocenters. The summed E-state index contributed by atoms with van der Waals surface area (Å²) in [5.41, 5.74) is 10.6. The number of primary amides is 2. The molecular weight excluding hydrogens is 252 g/mol. The smallest absolute Gasteiger partial charge is 0.335 e. The molecule has 19 heavy (non-hydrogen) atoms. The maximum Gasteiger partial charge on any atom is 0.335 e. The van der Waals surface area contributed by atoms with Crippen LogP contribution in [0.15, 0.2) is 12.1 Å². The molecule has 0 saturated carbocycles. The second-order valence-electron chi connectivity index (χ2n) is 3.95. The zero-order valence-electron chi connectivity index (χ0n) is 10.3. The van der Waals surface area contributed by atoms with Crippen LogP contribution in [-0.4, -0.2) is 41.0 Å². The van der Waals surface area contributed by atoms with Crippen molar-refractivity contribution in [1.82, 2.24) is 4.98 Å². The van der Waals surface area contributed by atoms with E-state index in [1.165, 1.54) is 17.0 Å². The summed E-state index contributed by atoms with van der Waals surface area (Å²) in [5, 5.41) is 8.95. The minimum atomic E-state index is -1.13. The minimum absolute atomic E-state index is 0.00133. The van der Waals surface area contributed by atoms with Crippen LogP contribution in [0, 0.1) is 6.92 Å². The van der Waals surface area contributed by atoms with Gasteiger partial charge in [0.1, 0.15) is 5.82 Å². The summed E-state index contributed by atoms with van der Waals surface area (Å²) in [7, 11) is 0. The predicted molar refractivity (Wildman–Crippen MR) is 66.5 cm³/mol. The molecule has 8 nitrogen and oxygen atoms in total. The van der Waals surface area contributed by atoms with Gasteiger partial charge >= 0.3 is 5.97 Å². The van der Waals surface area contributed by atoms with Crippen LogP contribution in [0.2, 0.25) is 0 Å². The number of nitrogens with zero attached hydrogens (tertiary/aromatic N) is 2. The number of aromatic carboxylic acids is 1. The summed E-state index contributed by atoms with van der Waals surface area (Å²) in [5.74, 6) is -2.33. The highest BCUT2D eigenvalue weighted by Crippen LogP contribution is 2.14. The third-order valence-electron chi connectivity index (χ3n) is 2.20. The van der Waals surface area contributed by atoms with Crippen LogP contribution in [0.5, 0.6) is 0 Å². The lowest BCUT2D eigenvalue weighted by molar-refractivity contribution is -0.117. The molecule has 0 aromatic carbocycles. The van der Waals surface area contributed by atoms with E-state index in [0.717, 1.165) is 0 Å². The molecule has 1 aromatic rings. The van der Waals surface area contributed by atoms with Crippen molar-refractivity contribution in [2.45, 2.75) is 6.92 Å². The largest absolute Gasteiger partial charge is 0.478 e. The van der Waals surface area contributed by atoms with E-state index in [4.69, 9.17) is 16.6 Å². The van der Waals surface area contributed by atoms with Crippen molar-refractivity contribution in [1.29, 1.82) is 0 Å². The van der Waals surface area contributed by atoms with Gasteiger partial charge in [0.05, 0.1) is 18.7 Å². The van der Waals surface area contributed by atoms with E-state index in [1.54, 1.807) is 6.92 Å². The van der Waals surface area contributed by atoms with Gasteiger partial charge in [0.2, 0.25) is 11.8 Å². The summed E-state index contributed by atoms with van der Waals surface area (Å²) in [4.78, 5) is 38.1. The molecule has 0 fully saturated rings. The normalized spacial score (nSPS) is 9.95. The van der Waals surface area contributed by atoms with E-state index in [2.05, 4.69) is 4.98 Å². The Morgan fingerprint density at radius 1 is 1.21 bits per heavy atom. The number of rotatable bonds is 6. The first kappa shape index (κ1) is 14.4. The Morgan fingerprint density at radius 3 is 2.16 bits per heavy atom. The molecule has 2 amide bonds. The molecule has 1 heterocycles. The Labute approximate surface area is 109 Å². The molecule has 0 bridgehead atoms. The Kier molecular flexibility index (Phi) is 4.41. The number of carboxylic acid groups (broad SMARTS) is 1. The van der Waals surface area contributed by atoms with E-state index < -0.39 is 17.8 Å². The number of amides is 2. The molecule has 1 rings (SSSR count). The lowest BCUT2D eigenvalue weighted by Gasteiger charge is -2.21. The van der Waals surface area contributed by atoms with Gasteiger partial charge in [-0.15, -0.1) is 0 Å². The molecule has 5 N–H and O–H groups in total. The van der Waals surface area contributed by atoms with E-state index in [-0.39, 0.29) is 24.5 Å². The fraction of sp³-hybridized carbons (Fsp3) is 0.273. The van der Waals surface area contributed by atoms with Crippen LogP contribution < -0.4 is 16.4 Å². The van der Waals surface area contributed by atoms with Crippen LogP contribution in [0.25, 0.3) is 0 Å². The van der Waals surface area contributed by atoms with Crippen molar-refractivity contribution in [3.63, 3.8) is 0 Å². The van der Waals surface area contributed by atoms with Gasteiger partial charge in [0.25, 0.3) is 0 Å². The van der Waals surface area contributed by atoms with Crippen molar-refractivity contribution in [3.8, 4) is 0 Å². The van der Waals surface area contributed by atoms with Gasteiger partial charge in [-0.3, -0.25) is 9.59 Å². The SMILES string of the molecule is Cc1cc(C(=O)O)cc(N(CC(N)=O)CC(N)=O)n1. The van der Waals surface area contributed by atoms with E-state index in [9.17, 15) is 14.4 Å². The number of carbonyl (C=O) groups is 3. The third-order valence-corrected chi connectivity index (χ3v) is 2.20. The summed E-state index contributed by atoms with van der Waals surface area (Å²) in [6.07, 6.45) is 0. The summed E-state index contributed by atoms with van der Waals surface area (Å²) < 4.78 is 0. The zero-order valence-corrected chi connectivity index (χ0v) is 10.3. The Bertz CT molecular complexity index is 513. The van der Waals surface area contributed by atoms with Crippen LogP contribution in [-0.2, 0) is 9.59 Å². The lowest BCUT2D eigenvalue weighted by atomic mass is 10.2. The van der Waals surface area contributed by atoms with Gasteiger partial charge in [-0.25, -0.2) is 9.78 Å². The van der Waals surface area contributed by atoms with E-state index in [1.807, 2.05) is 0 Å². The average molecular weight is 266 g/mol. The molecule has 0 saturated heterocycles. The monoisotopic (exact) mass is 266 g/mol. The molecular formula is C11H14N4O4. The number of nitrogens with two attached hydrogens (primary N) is 2. The number of aryl methyl sites for hydroxylation is 1. The number of hydrogen-bond acceptors (Lipinski definition) is 5. The fourth-order valence-corrected chi connectivity index (χ4v) is 1.53. The summed E-state index contributed by atoms with van der Waals surface area (Å²) in [6, 6.07) is 2.62. The molecule has 0 radical (unpaired) electrons. The van der Waals surface area contributed by atoms with Crippen molar-refractivity contribution in [3.05, 3.63) is 23.4 Å². The molecule has 0 spiro atoms. The van der Waals surface area contributed by atoms with Crippen LogP contribution in [0.1, 0.15) is 16.1 Å². The maximum absolute atomic E-state index is 11.0. The van der Waals surface area contributed by atoms with Crippen molar-refractivity contribution < 1.29 is 19.5 Å². The fourth-order valence-electron chi connectivity index (χ4n) is 1.53. The number of carbonyl (C=O) groups excluding carboxylic acids is 2. The number of anilines is 1. The summed E-state index contributed by atoms with van der Waals surface area (Å²) >= 11 is 0. The zero-order chi connectivity index (χ0) is 14.6. The third kappa shape index (κ3) is 4.26. The van der Waals surface area contributed by atoms with Crippen molar-refractivity contribution >= 4 is 23.6 Å². The second-order valence-corrected chi connectivity index (χ2v) is 3.95. The highest BCUT2D eigenvalue weighted by molar-refractivity contribution is 5.89. The van der Waals surface area contributed by atoms with Gasteiger partial charge in [0.15, 0.2) is 0 Å². The molecule has 1 aromatic heterocycles.